The number of amides is 1. The van der Waals surface area contributed by atoms with Crippen LogP contribution in [-0.4, -0.2) is 51.0 Å². The number of anilines is 1. The Kier molecular flexibility index (Phi) is 6.71. The van der Waals surface area contributed by atoms with Crippen molar-refractivity contribution in [1.82, 2.24) is 19.7 Å². The molecule has 0 aliphatic carbocycles. The molecule has 5 rings (SSSR count). The molecule has 3 aromatic rings. The number of rotatable bonds is 6. The van der Waals surface area contributed by atoms with E-state index in [9.17, 15) is 4.79 Å². The van der Waals surface area contributed by atoms with E-state index in [1.54, 1.807) is 0 Å². The first-order valence-electron chi connectivity index (χ1n) is 11.6. The predicted octanol–water partition coefficient (Wildman–Crippen LogP) is 5.15. The zero-order valence-electron chi connectivity index (χ0n) is 18.8. The van der Waals surface area contributed by atoms with Gasteiger partial charge in [-0.15, -0.1) is 10.2 Å². The molecule has 172 valence electrons. The van der Waals surface area contributed by atoms with Crippen LogP contribution in [0.3, 0.4) is 0 Å². The standard InChI is InChI=1S/C25H28ClN5OS/c1-18(29-14-5-2-6-15-29)24-27-28-25(31(24)21-11-9-20(26)10-12-21)33-17-23(32)30-16-13-19-7-3-4-8-22(19)30/h3-4,7-12,18H,2,5-6,13-17H2,1H3. The molecule has 3 heterocycles. The van der Waals surface area contributed by atoms with Crippen molar-refractivity contribution in [3.8, 4) is 5.69 Å². The highest BCUT2D eigenvalue weighted by Gasteiger charge is 2.28. The third-order valence-electron chi connectivity index (χ3n) is 6.57. The van der Waals surface area contributed by atoms with Crippen LogP contribution < -0.4 is 4.90 Å². The summed E-state index contributed by atoms with van der Waals surface area (Å²) in [4.78, 5) is 17.4. The lowest BCUT2D eigenvalue weighted by Gasteiger charge is -2.31. The number of likely N-dealkylation sites (tertiary alicyclic amines) is 1. The minimum atomic E-state index is 0.0984. The van der Waals surface area contributed by atoms with Gasteiger partial charge in [-0.25, -0.2) is 0 Å². The largest absolute Gasteiger partial charge is 0.311 e. The Labute approximate surface area is 203 Å². The minimum Gasteiger partial charge on any atom is -0.311 e. The van der Waals surface area contributed by atoms with Crippen LogP contribution in [0.2, 0.25) is 5.02 Å². The van der Waals surface area contributed by atoms with Gasteiger partial charge in [-0.2, -0.15) is 0 Å². The lowest BCUT2D eigenvalue weighted by atomic mass is 10.1. The van der Waals surface area contributed by atoms with Crippen molar-refractivity contribution in [1.29, 1.82) is 0 Å². The topological polar surface area (TPSA) is 54.3 Å². The normalized spacial score (nSPS) is 17.2. The summed E-state index contributed by atoms with van der Waals surface area (Å²) in [5.41, 5.74) is 3.23. The van der Waals surface area contributed by atoms with Crippen molar-refractivity contribution in [2.45, 2.75) is 43.8 Å². The lowest BCUT2D eigenvalue weighted by Crippen LogP contribution is -2.33. The van der Waals surface area contributed by atoms with Crippen molar-refractivity contribution in [2.75, 3.05) is 30.3 Å². The fourth-order valence-corrected chi connectivity index (χ4v) is 5.71. The smallest absolute Gasteiger partial charge is 0.237 e. The van der Waals surface area contributed by atoms with Gasteiger partial charge in [0.05, 0.1) is 11.8 Å². The summed E-state index contributed by atoms with van der Waals surface area (Å²) >= 11 is 7.60. The monoisotopic (exact) mass is 481 g/mol. The highest BCUT2D eigenvalue weighted by molar-refractivity contribution is 7.99. The van der Waals surface area contributed by atoms with Crippen molar-refractivity contribution < 1.29 is 4.79 Å². The zero-order chi connectivity index (χ0) is 22.8. The molecule has 1 aromatic heterocycles. The van der Waals surface area contributed by atoms with E-state index >= 15 is 0 Å². The molecule has 1 atom stereocenters. The van der Waals surface area contributed by atoms with Crippen LogP contribution in [0.25, 0.3) is 5.69 Å². The molecule has 2 aliphatic heterocycles. The van der Waals surface area contributed by atoms with E-state index in [2.05, 4.69) is 32.7 Å². The Bertz CT molecular complexity index is 1130. The second-order valence-electron chi connectivity index (χ2n) is 8.64. The number of nitrogens with zero attached hydrogens (tertiary/aromatic N) is 5. The van der Waals surface area contributed by atoms with Crippen molar-refractivity contribution in [2.24, 2.45) is 0 Å². The van der Waals surface area contributed by atoms with E-state index < -0.39 is 0 Å². The molecule has 1 fully saturated rings. The predicted molar refractivity (Wildman–Crippen MR) is 133 cm³/mol. The summed E-state index contributed by atoms with van der Waals surface area (Å²) in [5, 5.41) is 10.5. The van der Waals surface area contributed by atoms with Crippen LogP contribution in [0.4, 0.5) is 5.69 Å². The Hall–Kier alpha value is -2.35. The summed E-state index contributed by atoms with van der Waals surface area (Å²) in [6.07, 6.45) is 4.63. The molecular weight excluding hydrogens is 454 g/mol. The third-order valence-corrected chi connectivity index (χ3v) is 7.73. The number of benzene rings is 2. The quantitative estimate of drug-likeness (QED) is 0.456. The van der Waals surface area contributed by atoms with Crippen LogP contribution in [0.5, 0.6) is 0 Å². The first kappa shape index (κ1) is 22.4. The van der Waals surface area contributed by atoms with Crippen LogP contribution in [-0.2, 0) is 11.2 Å². The van der Waals surface area contributed by atoms with Gasteiger partial charge in [0.2, 0.25) is 5.91 Å². The van der Waals surface area contributed by atoms with Gasteiger partial charge in [0.25, 0.3) is 0 Å². The summed E-state index contributed by atoms with van der Waals surface area (Å²) in [7, 11) is 0. The maximum atomic E-state index is 13.1. The Morgan fingerprint density at radius 2 is 1.79 bits per heavy atom. The maximum absolute atomic E-state index is 13.1. The molecule has 33 heavy (non-hydrogen) atoms. The SMILES string of the molecule is CC(c1nnc(SCC(=O)N2CCc3ccccc32)n1-c1ccc(Cl)cc1)N1CCCCC1. The molecule has 2 aromatic carbocycles. The fourth-order valence-electron chi connectivity index (χ4n) is 4.75. The molecule has 1 saturated heterocycles. The van der Waals surface area contributed by atoms with E-state index in [0.29, 0.717) is 10.8 Å². The number of aromatic nitrogens is 3. The van der Waals surface area contributed by atoms with Gasteiger partial charge >= 0.3 is 0 Å². The van der Waals surface area contributed by atoms with Gasteiger partial charge in [-0.05, 0) is 75.2 Å². The number of para-hydroxylation sites is 1. The number of carbonyl (C=O) groups is 1. The number of hydrogen-bond donors (Lipinski definition) is 0. The van der Waals surface area contributed by atoms with E-state index in [4.69, 9.17) is 11.6 Å². The second-order valence-corrected chi connectivity index (χ2v) is 10.0. The fraction of sp³-hybridized carbons (Fsp3) is 0.400. The average Bonchev–Trinajstić information content (AvgIpc) is 3.48. The second kappa shape index (κ2) is 9.87. The minimum absolute atomic E-state index is 0.0984. The summed E-state index contributed by atoms with van der Waals surface area (Å²) in [5.74, 6) is 1.32. The van der Waals surface area contributed by atoms with Gasteiger partial charge in [0.1, 0.15) is 0 Å². The number of hydrogen-bond acceptors (Lipinski definition) is 5. The van der Waals surface area contributed by atoms with E-state index in [-0.39, 0.29) is 11.9 Å². The van der Waals surface area contributed by atoms with E-state index in [1.807, 2.05) is 47.4 Å². The van der Waals surface area contributed by atoms with Crippen LogP contribution in [0.1, 0.15) is 43.6 Å². The number of piperidine rings is 1. The molecular formula is C25H28ClN5OS. The third kappa shape index (κ3) is 4.67. The van der Waals surface area contributed by atoms with Crippen molar-refractivity contribution in [3.05, 3.63) is 64.9 Å². The molecule has 0 radical (unpaired) electrons. The summed E-state index contributed by atoms with van der Waals surface area (Å²) < 4.78 is 2.09. The molecule has 1 unspecified atom stereocenters. The Morgan fingerprint density at radius 1 is 1.03 bits per heavy atom. The summed E-state index contributed by atoms with van der Waals surface area (Å²) in [6.45, 7) is 5.08. The average molecular weight is 482 g/mol. The molecule has 8 heteroatoms. The summed E-state index contributed by atoms with van der Waals surface area (Å²) in [6, 6.07) is 16.0. The zero-order valence-corrected chi connectivity index (χ0v) is 20.4. The van der Waals surface area contributed by atoms with Gasteiger partial charge in [-0.3, -0.25) is 14.3 Å². The van der Waals surface area contributed by atoms with Crippen LogP contribution >= 0.6 is 23.4 Å². The van der Waals surface area contributed by atoms with Crippen LogP contribution in [0.15, 0.2) is 53.7 Å². The first-order chi connectivity index (χ1) is 16.1. The molecule has 0 bridgehead atoms. The highest BCUT2D eigenvalue weighted by atomic mass is 35.5. The molecule has 1 amide bonds. The molecule has 6 nitrogen and oxygen atoms in total. The number of halogens is 1. The van der Waals surface area contributed by atoms with Crippen molar-refractivity contribution in [3.63, 3.8) is 0 Å². The van der Waals surface area contributed by atoms with Gasteiger partial charge < -0.3 is 4.90 Å². The van der Waals surface area contributed by atoms with E-state index in [0.717, 1.165) is 48.4 Å². The van der Waals surface area contributed by atoms with E-state index in [1.165, 1.54) is 36.6 Å². The first-order valence-corrected chi connectivity index (χ1v) is 12.9. The molecule has 0 spiro atoms. The Morgan fingerprint density at radius 3 is 2.58 bits per heavy atom. The maximum Gasteiger partial charge on any atom is 0.237 e. The Balaban J connectivity index is 1.39. The van der Waals surface area contributed by atoms with Crippen LogP contribution in [0, 0.1) is 0 Å². The molecule has 0 saturated carbocycles. The molecule has 0 N–H and O–H groups in total. The van der Waals surface area contributed by atoms with Gasteiger partial charge in [0, 0.05) is 22.9 Å². The highest BCUT2D eigenvalue weighted by Crippen LogP contribution is 2.32. The van der Waals surface area contributed by atoms with Crippen molar-refractivity contribution >= 4 is 35.0 Å². The molecule has 2 aliphatic rings. The number of thioether (sulfide) groups is 1. The lowest BCUT2D eigenvalue weighted by molar-refractivity contribution is -0.116. The number of fused-ring (bicyclic) bond motifs is 1. The van der Waals surface area contributed by atoms with Gasteiger partial charge in [0.15, 0.2) is 11.0 Å². The van der Waals surface area contributed by atoms with Gasteiger partial charge in [-0.1, -0.05) is 48.0 Å². The number of carbonyl (C=O) groups excluding carboxylic acids is 1.